The Hall–Kier alpha value is -2.08. The van der Waals surface area contributed by atoms with Crippen LogP contribution in [0.3, 0.4) is 0 Å². The molecule has 1 aromatic carbocycles. The highest BCUT2D eigenvalue weighted by molar-refractivity contribution is 5.91. The van der Waals surface area contributed by atoms with E-state index in [4.69, 9.17) is 15.7 Å². The largest absolute Gasteiger partial charge is 0.496 e. The van der Waals surface area contributed by atoms with Crippen LogP contribution in [0.2, 0.25) is 0 Å². The van der Waals surface area contributed by atoms with Gasteiger partial charge in [0.05, 0.1) is 12.8 Å². The van der Waals surface area contributed by atoms with Gasteiger partial charge in [-0.3, -0.25) is 0 Å². The number of benzene rings is 1. The smallest absolute Gasteiger partial charge is 0.339 e. The van der Waals surface area contributed by atoms with E-state index in [1.54, 1.807) is 6.07 Å². The molecule has 4 N–H and O–H groups in total. The van der Waals surface area contributed by atoms with E-state index in [9.17, 15) is 4.79 Å². The van der Waals surface area contributed by atoms with Crippen LogP contribution in [-0.4, -0.2) is 24.5 Å². The van der Waals surface area contributed by atoms with Crippen LogP contribution in [0.25, 0.3) is 0 Å². The number of carbonyl (C=O) groups is 1. The molecule has 0 aromatic heterocycles. The molecule has 1 aromatic rings. The maximum atomic E-state index is 10.8. The third-order valence-electron chi connectivity index (χ3n) is 1.70. The van der Waals surface area contributed by atoms with Gasteiger partial charge in [0.2, 0.25) is 0 Å². The second-order valence-corrected chi connectivity index (χ2v) is 2.61. The normalized spacial score (nSPS) is 10.3. The molecule has 0 saturated heterocycles. The Morgan fingerprint density at radius 3 is 2.93 bits per heavy atom. The molecule has 0 radical (unpaired) electrons. The molecule has 0 aliphatic heterocycles. The van der Waals surface area contributed by atoms with Gasteiger partial charge in [-0.25, -0.2) is 15.6 Å². The number of nitrogens with zero attached hydrogens (tertiary/aromatic N) is 1. The van der Waals surface area contributed by atoms with Gasteiger partial charge in [-0.1, -0.05) is 0 Å². The molecule has 6 nitrogen and oxygen atoms in total. The summed E-state index contributed by atoms with van der Waals surface area (Å²) in [4.78, 5) is 14.7. The van der Waals surface area contributed by atoms with Crippen molar-refractivity contribution in [3.05, 3.63) is 23.8 Å². The Kier molecular flexibility index (Phi) is 3.64. The van der Waals surface area contributed by atoms with Gasteiger partial charge in [-0.2, -0.15) is 0 Å². The molecule has 0 aliphatic rings. The molecule has 0 unspecified atom stereocenters. The number of nitrogens with two attached hydrogens (primary N) is 1. The van der Waals surface area contributed by atoms with Gasteiger partial charge in [0.1, 0.15) is 17.7 Å². The van der Waals surface area contributed by atoms with Crippen LogP contribution in [0.5, 0.6) is 5.75 Å². The molecule has 0 spiro atoms. The Morgan fingerprint density at radius 1 is 1.67 bits per heavy atom. The lowest BCUT2D eigenvalue weighted by Gasteiger charge is -2.04. The summed E-state index contributed by atoms with van der Waals surface area (Å²) < 4.78 is 4.92. The predicted molar refractivity (Wildman–Crippen MR) is 55.4 cm³/mol. The molecule has 0 saturated carbocycles. The zero-order valence-corrected chi connectivity index (χ0v) is 8.10. The van der Waals surface area contributed by atoms with E-state index in [1.807, 2.05) is 0 Å². The van der Waals surface area contributed by atoms with E-state index >= 15 is 0 Å². The number of carboxylic acid groups (broad SMARTS) is 1. The number of aromatic carboxylic acids is 1. The van der Waals surface area contributed by atoms with Crippen molar-refractivity contribution in [2.75, 3.05) is 7.11 Å². The molecule has 0 atom stereocenters. The average Bonchev–Trinajstić information content (AvgIpc) is 2.25. The first-order valence-corrected chi connectivity index (χ1v) is 4.09. The third-order valence-corrected chi connectivity index (χ3v) is 1.70. The minimum atomic E-state index is -1.04. The number of rotatable bonds is 4. The van der Waals surface area contributed by atoms with E-state index in [0.29, 0.717) is 5.69 Å². The van der Waals surface area contributed by atoms with Crippen molar-refractivity contribution < 1.29 is 14.6 Å². The van der Waals surface area contributed by atoms with Crippen LogP contribution >= 0.6 is 0 Å². The van der Waals surface area contributed by atoms with Crippen molar-refractivity contribution in [3.8, 4) is 5.75 Å². The fraction of sp³-hybridized carbons (Fsp3) is 0.111. The second kappa shape index (κ2) is 4.97. The van der Waals surface area contributed by atoms with Gasteiger partial charge in [-0.15, -0.1) is 0 Å². The number of hydrogen-bond donors (Lipinski definition) is 3. The molecular weight excluding hydrogens is 198 g/mol. The quantitative estimate of drug-likeness (QED) is 0.290. The van der Waals surface area contributed by atoms with Gasteiger partial charge >= 0.3 is 5.97 Å². The summed E-state index contributed by atoms with van der Waals surface area (Å²) >= 11 is 0. The summed E-state index contributed by atoms with van der Waals surface area (Å²) in [5.74, 6) is 4.22. The summed E-state index contributed by atoms with van der Waals surface area (Å²) in [6.45, 7) is 0. The fourth-order valence-corrected chi connectivity index (χ4v) is 1.05. The summed E-state index contributed by atoms with van der Waals surface area (Å²) in [7, 11) is 1.40. The van der Waals surface area contributed by atoms with E-state index in [0.717, 1.165) is 0 Å². The van der Waals surface area contributed by atoms with Crippen LogP contribution < -0.4 is 16.0 Å². The predicted octanol–water partition coefficient (Wildman–Crippen LogP) is 0.517. The molecule has 0 aliphatic carbocycles. The van der Waals surface area contributed by atoms with Crippen LogP contribution in [0.4, 0.5) is 5.69 Å². The lowest BCUT2D eigenvalue weighted by atomic mass is 10.2. The Bertz CT molecular complexity index is 390. The Morgan fingerprint density at radius 2 is 2.40 bits per heavy atom. The van der Waals surface area contributed by atoms with Gasteiger partial charge in [-0.05, 0) is 12.1 Å². The number of aliphatic imine (C=N–C) groups is 1. The number of ether oxygens (including phenoxy) is 1. The first kappa shape index (κ1) is 11.0. The molecule has 0 fully saturated rings. The minimum Gasteiger partial charge on any atom is -0.496 e. The van der Waals surface area contributed by atoms with Crippen molar-refractivity contribution in [1.29, 1.82) is 0 Å². The molecule has 6 heteroatoms. The Labute approximate surface area is 86.4 Å². The zero-order valence-electron chi connectivity index (χ0n) is 8.10. The van der Waals surface area contributed by atoms with Gasteiger partial charge in [0, 0.05) is 6.07 Å². The number of hydrogen-bond acceptors (Lipinski definition) is 4. The zero-order chi connectivity index (χ0) is 11.3. The third kappa shape index (κ3) is 2.68. The maximum absolute atomic E-state index is 10.8. The number of hydrazine groups is 1. The fourth-order valence-electron chi connectivity index (χ4n) is 1.05. The lowest BCUT2D eigenvalue weighted by Crippen LogP contribution is -2.18. The van der Waals surface area contributed by atoms with Crippen LogP contribution in [0.1, 0.15) is 10.4 Å². The monoisotopic (exact) mass is 209 g/mol. The highest BCUT2D eigenvalue weighted by Crippen LogP contribution is 2.24. The van der Waals surface area contributed by atoms with E-state index in [2.05, 4.69) is 10.4 Å². The van der Waals surface area contributed by atoms with Crippen molar-refractivity contribution in [2.45, 2.75) is 0 Å². The second-order valence-electron chi connectivity index (χ2n) is 2.61. The van der Waals surface area contributed by atoms with Gasteiger partial charge < -0.3 is 15.3 Å². The summed E-state index contributed by atoms with van der Waals surface area (Å²) in [6.07, 6.45) is 1.29. The highest BCUT2D eigenvalue weighted by atomic mass is 16.5. The maximum Gasteiger partial charge on any atom is 0.339 e. The summed E-state index contributed by atoms with van der Waals surface area (Å²) in [5, 5.41) is 8.81. The topological polar surface area (TPSA) is 96.9 Å². The summed E-state index contributed by atoms with van der Waals surface area (Å²) in [6, 6.07) is 4.49. The molecule has 80 valence electrons. The van der Waals surface area contributed by atoms with Gasteiger partial charge in [0.25, 0.3) is 0 Å². The molecule has 0 heterocycles. The van der Waals surface area contributed by atoms with Crippen molar-refractivity contribution >= 4 is 18.0 Å². The SMILES string of the molecule is COc1cc(N=CNN)ccc1C(=O)O. The molecular formula is C9H11N3O3. The number of nitrogens with one attached hydrogen (secondary N) is 1. The van der Waals surface area contributed by atoms with Crippen molar-refractivity contribution in [1.82, 2.24) is 5.43 Å². The highest BCUT2D eigenvalue weighted by Gasteiger charge is 2.10. The molecule has 15 heavy (non-hydrogen) atoms. The molecule has 0 bridgehead atoms. The minimum absolute atomic E-state index is 0.0946. The average molecular weight is 209 g/mol. The number of methoxy groups -OCH3 is 1. The molecule has 0 amide bonds. The number of carboxylic acids is 1. The van der Waals surface area contributed by atoms with Crippen LogP contribution in [0, 0.1) is 0 Å². The van der Waals surface area contributed by atoms with Crippen LogP contribution in [-0.2, 0) is 0 Å². The standard InChI is InChI=1S/C9H11N3O3/c1-15-8-4-6(11-5-12-10)2-3-7(8)9(13)14/h2-5H,10H2,1H3,(H,11,12)(H,13,14). The Balaban J connectivity index is 3.07. The summed E-state index contributed by atoms with van der Waals surface area (Å²) in [5.41, 5.74) is 2.89. The van der Waals surface area contributed by atoms with E-state index < -0.39 is 5.97 Å². The van der Waals surface area contributed by atoms with E-state index in [-0.39, 0.29) is 11.3 Å². The van der Waals surface area contributed by atoms with Crippen molar-refractivity contribution in [2.24, 2.45) is 10.8 Å². The first-order valence-electron chi connectivity index (χ1n) is 4.09. The van der Waals surface area contributed by atoms with E-state index in [1.165, 1.54) is 25.6 Å². The lowest BCUT2D eigenvalue weighted by molar-refractivity contribution is 0.0693. The van der Waals surface area contributed by atoms with Crippen molar-refractivity contribution in [3.63, 3.8) is 0 Å². The molecule has 1 rings (SSSR count). The van der Waals surface area contributed by atoms with Crippen LogP contribution in [0.15, 0.2) is 23.2 Å². The first-order chi connectivity index (χ1) is 7.19. The van der Waals surface area contributed by atoms with Gasteiger partial charge in [0.15, 0.2) is 0 Å².